The van der Waals surface area contributed by atoms with Crippen LogP contribution in [0.1, 0.15) is 53.7 Å². The third-order valence-electron chi connectivity index (χ3n) is 5.81. The Hall–Kier alpha value is -1.89. The molecule has 2 aliphatic rings. The van der Waals surface area contributed by atoms with E-state index >= 15 is 0 Å². The minimum atomic E-state index is -0.0846. The van der Waals surface area contributed by atoms with Crippen LogP contribution in [-0.4, -0.2) is 5.78 Å². The lowest BCUT2D eigenvalue weighted by atomic mass is 9.55. The molecule has 2 aromatic carbocycles. The van der Waals surface area contributed by atoms with Crippen LogP contribution in [0.15, 0.2) is 48.5 Å². The van der Waals surface area contributed by atoms with Crippen LogP contribution in [0.2, 0.25) is 0 Å². The van der Waals surface area contributed by atoms with E-state index in [9.17, 15) is 4.79 Å². The predicted molar refractivity (Wildman–Crippen MR) is 80.2 cm³/mol. The van der Waals surface area contributed by atoms with Crippen molar-refractivity contribution >= 4 is 5.78 Å². The third-order valence-corrected chi connectivity index (χ3v) is 5.81. The van der Waals surface area contributed by atoms with Crippen molar-refractivity contribution in [1.29, 1.82) is 0 Å². The molecule has 2 bridgehead atoms. The number of rotatable bonds is 0. The SMILES string of the molecule is CC12c3ccccc3C(=O)C(c3ccccc31)C2(C)C. The number of benzene rings is 2. The number of carbonyl (C=O) groups excluding carboxylic acids is 1. The molecule has 0 amide bonds. The van der Waals surface area contributed by atoms with Crippen molar-refractivity contribution in [2.45, 2.75) is 32.1 Å². The van der Waals surface area contributed by atoms with Crippen LogP contribution in [0.25, 0.3) is 0 Å². The van der Waals surface area contributed by atoms with Gasteiger partial charge in [0.25, 0.3) is 0 Å². The maximum atomic E-state index is 13.0. The summed E-state index contributed by atoms with van der Waals surface area (Å²) in [4.78, 5) is 13.0. The van der Waals surface area contributed by atoms with E-state index in [-0.39, 0.29) is 22.5 Å². The highest BCUT2D eigenvalue weighted by Crippen LogP contribution is 2.65. The molecule has 20 heavy (non-hydrogen) atoms. The highest BCUT2D eigenvalue weighted by molar-refractivity contribution is 6.06. The van der Waals surface area contributed by atoms with Crippen LogP contribution in [0.4, 0.5) is 0 Å². The van der Waals surface area contributed by atoms with Gasteiger partial charge in [-0.1, -0.05) is 69.3 Å². The van der Waals surface area contributed by atoms with Gasteiger partial charge in [0.15, 0.2) is 5.78 Å². The molecule has 2 atom stereocenters. The Morgan fingerprint density at radius 2 is 1.45 bits per heavy atom. The monoisotopic (exact) mass is 262 g/mol. The second-order valence-corrected chi connectivity index (χ2v) is 6.78. The average Bonchev–Trinajstić information content (AvgIpc) is 2.57. The normalized spacial score (nSPS) is 28.9. The van der Waals surface area contributed by atoms with Gasteiger partial charge in [-0.2, -0.15) is 0 Å². The van der Waals surface area contributed by atoms with Gasteiger partial charge in [-0.05, 0) is 22.1 Å². The fraction of sp³-hybridized carbons (Fsp3) is 0.316. The zero-order chi connectivity index (χ0) is 14.1. The minimum absolute atomic E-state index is 0.0152. The third kappa shape index (κ3) is 1.05. The molecule has 4 rings (SSSR count). The quantitative estimate of drug-likeness (QED) is 0.691. The Labute approximate surface area is 119 Å². The van der Waals surface area contributed by atoms with Crippen molar-refractivity contribution < 1.29 is 4.79 Å². The highest BCUT2D eigenvalue weighted by Gasteiger charge is 2.61. The van der Waals surface area contributed by atoms with Crippen LogP contribution in [0.3, 0.4) is 0 Å². The van der Waals surface area contributed by atoms with E-state index in [1.165, 1.54) is 16.7 Å². The van der Waals surface area contributed by atoms with E-state index < -0.39 is 0 Å². The lowest BCUT2D eigenvalue weighted by Crippen LogP contribution is -2.45. The fourth-order valence-electron chi connectivity index (χ4n) is 4.48. The second kappa shape index (κ2) is 3.41. The Morgan fingerprint density at radius 1 is 0.850 bits per heavy atom. The first kappa shape index (κ1) is 11.9. The first-order valence-electron chi connectivity index (χ1n) is 7.22. The number of ketones is 1. The molecule has 0 saturated heterocycles. The van der Waals surface area contributed by atoms with E-state index in [0.29, 0.717) is 0 Å². The van der Waals surface area contributed by atoms with Crippen molar-refractivity contribution in [3.05, 3.63) is 70.8 Å². The lowest BCUT2D eigenvalue weighted by Gasteiger charge is -2.46. The highest BCUT2D eigenvalue weighted by atomic mass is 16.1. The molecular formula is C19H18O. The van der Waals surface area contributed by atoms with Gasteiger partial charge < -0.3 is 0 Å². The molecule has 0 fully saturated rings. The van der Waals surface area contributed by atoms with Gasteiger partial charge in [0.2, 0.25) is 0 Å². The largest absolute Gasteiger partial charge is 0.293 e. The molecule has 1 heteroatoms. The first-order chi connectivity index (χ1) is 9.49. The number of hydrogen-bond donors (Lipinski definition) is 0. The Morgan fingerprint density at radius 3 is 2.20 bits per heavy atom. The van der Waals surface area contributed by atoms with Crippen LogP contribution in [0.5, 0.6) is 0 Å². The molecule has 0 aliphatic heterocycles. The van der Waals surface area contributed by atoms with Crippen LogP contribution >= 0.6 is 0 Å². The van der Waals surface area contributed by atoms with Gasteiger partial charge in [-0.25, -0.2) is 0 Å². The number of fused-ring (bicyclic) bond motifs is 7. The summed E-state index contributed by atoms with van der Waals surface area (Å²) in [5, 5.41) is 0. The smallest absolute Gasteiger partial charge is 0.171 e. The van der Waals surface area contributed by atoms with Gasteiger partial charge in [-0.15, -0.1) is 0 Å². The minimum Gasteiger partial charge on any atom is -0.293 e. The van der Waals surface area contributed by atoms with Crippen molar-refractivity contribution in [3.8, 4) is 0 Å². The summed E-state index contributed by atoms with van der Waals surface area (Å²) in [5.74, 6) is 0.270. The summed E-state index contributed by atoms with van der Waals surface area (Å²) in [7, 11) is 0. The number of carbonyl (C=O) groups is 1. The van der Waals surface area contributed by atoms with Crippen LogP contribution in [-0.2, 0) is 5.41 Å². The van der Waals surface area contributed by atoms with E-state index in [2.05, 4.69) is 57.2 Å². The van der Waals surface area contributed by atoms with Gasteiger partial charge in [0.05, 0.1) is 5.92 Å². The topological polar surface area (TPSA) is 17.1 Å². The van der Waals surface area contributed by atoms with Crippen LogP contribution in [0, 0.1) is 5.41 Å². The maximum Gasteiger partial charge on any atom is 0.171 e. The van der Waals surface area contributed by atoms with E-state index in [4.69, 9.17) is 0 Å². The molecule has 0 aromatic heterocycles. The second-order valence-electron chi connectivity index (χ2n) is 6.78. The molecule has 0 heterocycles. The van der Waals surface area contributed by atoms with Gasteiger partial charge >= 0.3 is 0 Å². The Bertz CT molecular complexity index is 741. The first-order valence-corrected chi connectivity index (χ1v) is 7.22. The van der Waals surface area contributed by atoms with Crippen molar-refractivity contribution in [2.24, 2.45) is 5.41 Å². The van der Waals surface area contributed by atoms with E-state index in [1.54, 1.807) is 0 Å². The Kier molecular flexibility index (Phi) is 2.03. The number of Topliss-reactive ketones (excluding diaryl/α,β-unsaturated/α-hetero) is 1. The molecule has 2 aromatic rings. The standard InChI is InChI=1S/C19H18O/c1-18(2)16-12-8-4-6-10-14(12)19(18,3)15-11-7-5-9-13(15)17(16)20/h4-11,16H,1-3H3. The predicted octanol–water partition coefficient (Wildman–Crippen LogP) is 4.31. The summed E-state index contributed by atoms with van der Waals surface area (Å²) < 4.78 is 0. The van der Waals surface area contributed by atoms with Crippen molar-refractivity contribution in [1.82, 2.24) is 0 Å². The molecule has 0 saturated carbocycles. The van der Waals surface area contributed by atoms with Crippen molar-refractivity contribution in [2.75, 3.05) is 0 Å². The molecule has 2 aliphatic carbocycles. The van der Waals surface area contributed by atoms with Gasteiger partial charge in [0, 0.05) is 11.0 Å². The van der Waals surface area contributed by atoms with E-state index in [1.807, 2.05) is 12.1 Å². The van der Waals surface area contributed by atoms with Crippen LogP contribution < -0.4 is 0 Å². The summed E-state index contributed by atoms with van der Waals surface area (Å²) >= 11 is 0. The summed E-state index contributed by atoms with van der Waals surface area (Å²) in [6.07, 6.45) is 0. The molecular weight excluding hydrogens is 244 g/mol. The zero-order valence-electron chi connectivity index (χ0n) is 12.1. The lowest BCUT2D eigenvalue weighted by molar-refractivity contribution is 0.0809. The molecule has 0 N–H and O–H groups in total. The summed E-state index contributed by atoms with van der Waals surface area (Å²) in [6.45, 7) is 6.79. The Balaban J connectivity index is 2.19. The molecule has 1 nitrogen and oxygen atoms in total. The summed E-state index contributed by atoms with van der Waals surface area (Å²) in [5.41, 5.74) is 4.49. The number of hydrogen-bond acceptors (Lipinski definition) is 1. The van der Waals surface area contributed by atoms with Gasteiger partial charge in [0.1, 0.15) is 0 Å². The zero-order valence-corrected chi connectivity index (χ0v) is 12.1. The van der Waals surface area contributed by atoms with Gasteiger partial charge in [-0.3, -0.25) is 4.79 Å². The molecule has 2 unspecified atom stereocenters. The van der Waals surface area contributed by atoms with E-state index in [0.717, 1.165) is 5.56 Å². The van der Waals surface area contributed by atoms with Crippen molar-refractivity contribution in [3.63, 3.8) is 0 Å². The maximum absolute atomic E-state index is 13.0. The summed E-state index contributed by atoms with van der Waals surface area (Å²) in [6, 6.07) is 16.6. The average molecular weight is 262 g/mol. The molecule has 0 spiro atoms. The molecule has 0 radical (unpaired) electrons. The molecule has 100 valence electrons. The fourth-order valence-corrected chi connectivity index (χ4v) is 4.48.